The molecule has 0 aromatic rings. The van der Waals surface area contributed by atoms with E-state index >= 15 is 0 Å². The zero-order valence-corrected chi connectivity index (χ0v) is 8.85. The van der Waals surface area contributed by atoms with Crippen LogP contribution in [0.15, 0.2) is 0 Å². The molecule has 15 heavy (non-hydrogen) atoms. The molecule has 0 aromatic carbocycles. The Bertz CT molecular complexity index is 205. The van der Waals surface area contributed by atoms with E-state index in [1.54, 1.807) is 0 Å². The first-order valence-electron chi connectivity index (χ1n) is 4.74. The largest absolute Gasteiger partial charge is 0.477 e. The smallest absolute Gasteiger partial charge is 0.359 e. The number of aliphatic hydroxyl groups excluding tert-OH is 2. The fourth-order valence-corrected chi connectivity index (χ4v) is 1.67. The molecule has 0 amide bonds. The fraction of sp³-hybridized carbons (Fsp3) is 0.778. The van der Waals surface area contributed by atoms with Crippen LogP contribution >= 0.6 is 0 Å². The third kappa shape index (κ3) is 5.46. The minimum absolute atomic E-state index is 0.0212. The van der Waals surface area contributed by atoms with E-state index in [4.69, 9.17) is 15.3 Å². The minimum Gasteiger partial charge on any atom is -0.477 e. The van der Waals surface area contributed by atoms with Gasteiger partial charge in [-0.3, -0.25) is 4.79 Å². The lowest BCUT2D eigenvalue weighted by Crippen LogP contribution is -2.56. The molecule has 6 heteroatoms. The second kappa shape index (κ2) is 6.49. The molecule has 0 aliphatic heterocycles. The van der Waals surface area contributed by atoms with Crippen molar-refractivity contribution in [2.24, 2.45) is 0 Å². The number of carbonyl (C=O) groups excluding carboxylic acids is 1. The van der Waals surface area contributed by atoms with Crippen LogP contribution in [0.5, 0.6) is 0 Å². The summed E-state index contributed by atoms with van der Waals surface area (Å²) in [4.78, 5) is 21.7. The highest BCUT2D eigenvalue weighted by atomic mass is 16.4. The number of carboxylic acid groups (broad SMARTS) is 1. The van der Waals surface area contributed by atoms with Crippen molar-refractivity contribution in [1.29, 1.82) is 0 Å². The predicted molar refractivity (Wildman–Crippen MR) is 52.2 cm³/mol. The van der Waals surface area contributed by atoms with Crippen LogP contribution in [0.3, 0.4) is 0 Å². The number of quaternary nitrogens is 1. The van der Waals surface area contributed by atoms with Crippen molar-refractivity contribution in [3.05, 3.63) is 0 Å². The Kier molecular flexibility index (Phi) is 6.07. The van der Waals surface area contributed by atoms with Crippen LogP contribution in [0.1, 0.15) is 6.92 Å². The molecule has 0 saturated carbocycles. The molecule has 0 bridgehead atoms. The Morgan fingerprint density at radius 2 is 1.53 bits per heavy atom. The molecule has 0 saturated heterocycles. The Morgan fingerprint density at radius 3 is 1.80 bits per heavy atom. The second-order valence-corrected chi connectivity index (χ2v) is 3.65. The highest BCUT2D eigenvalue weighted by molar-refractivity contribution is 5.77. The van der Waals surface area contributed by atoms with Gasteiger partial charge in [-0.2, -0.15) is 0 Å². The van der Waals surface area contributed by atoms with Gasteiger partial charge in [-0.25, -0.2) is 4.79 Å². The second-order valence-electron chi connectivity index (χ2n) is 3.65. The number of hydrogen-bond donors (Lipinski definition) is 3. The SMILES string of the molecule is CC(=O)C[N+](CCO)(CCO)CC(=O)O. The Morgan fingerprint density at radius 1 is 1.07 bits per heavy atom. The molecule has 0 aromatic heterocycles. The van der Waals surface area contributed by atoms with Gasteiger partial charge in [0.15, 0.2) is 12.3 Å². The van der Waals surface area contributed by atoms with Crippen LogP contribution in [-0.2, 0) is 9.59 Å². The fourth-order valence-electron chi connectivity index (χ4n) is 1.67. The molecule has 0 rings (SSSR count). The number of aliphatic carboxylic acids is 1. The van der Waals surface area contributed by atoms with E-state index in [2.05, 4.69) is 0 Å². The van der Waals surface area contributed by atoms with Crippen molar-refractivity contribution in [2.45, 2.75) is 6.92 Å². The van der Waals surface area contributed by atoms with Crippen LogP contribution < -0.4 is 0 Å². The zero-order valence-electron chi connectivity index (χ0n) is 8.85. The van der Waals surface area contributed by atoms with E-state index in [1.165, 1.54) is 6.92 Å². The highest BCUT2D eigenvalue weighted by Crippen LogP contribution is 2.06. The number of nitrogens with zero attached hydrogens (tertiary/aromatic N) is 1. The van der Waals surface area contributed by atoms with Crippen molar-refractivity contribution >= 4 is 11.8 Å². The van der Waals surface area contributed by atoms with E-state index in [-0.39, 0.29) is 49.7 Å². The maximum atomic E-state index is 11.0. The highest BCUT2D eigenvalue weighted by Gasteiger charge is 2.30. The summed E-state index contributed by atoms with van der Waals surface area (Å²) < 4.78 is -0.0995. The molecule has 0 aliphatic carbocycles. The van der Waals surface area contributed by atoms with Gasteiger partial charge < -0.3 is 19.8 Å². The molecule has 6 nitrogen and oxygen atoms in total. The molecule has 0 aliphatic rings. The third-order valence-corrected chi connectivity index (χ3v) is 2.18. The lowest BCUT2D eigenvalue weighted by molar-refractivity contribution is -0.914. The molecule has 0 radical (unpaired) electrons. The lowest BCUT2D eigenvalue weighted by Gasteiger charge is -2.35. The Hall–Kier alpha value is -0.980. The Balaban J connectivity index is 4.69. The first kappa shape index (κ1) is 14.0. The molecule has 3 N–H and O–H groups in total. The Labute approximate surface area is 88.3 Å². The molecule has 0 heterocycles. The van der Waals surface area contributed by atoms with Crippen molar-refractivity contribution in [3.63, 3.8) is 0 Å². The summed E-state index contributed by atoms with van der Waals surface area (Å²) in [5.41, 5.74) is 0. The molecular weight excluding hydrogens is 202 g/mol. The average molecular weight is 220 g/mol. The van der Waals surface area contributed by atoms with Crippen molar-refractivity contribution in [2.75, 3.05) is 39.4 Å². The standard InChI is InChI=1S/C9H17NO5/c1-8(13)6-10(2-4-11,3-5-12)7-9(14)15/h11-12H,2-7H2,1H3/p+1. The molecule has 0 fully saturated rings. The van der Waals surface area contributed by atoms with Gasteiger partial charge in [0.1, 0.15) is 19.6 Å². The number of ketones is 1. The summed E-state index contributed by atoms with van der Waals surface area (Å²) in [5.74, 6) is -1.20. The molecule has 0 atom stereocenters. The number of rotatable bonds is 8. The molecule has 0 unspecified atom stereocenters. The first-order chi connectivity index (χ1) is 6.95. The summed E-state index contributed by atoms with van der Waals surface area (Å²) in [7, 11) is 0. The zero-order chi connectivity index (χ0) is 11.9. The van der Waals surface area contributed by atoms with Crippen LogP contribution in [-0.4, -0.2) is 70.9 Å². The summed E-state index contributed by atoms with van der Waals surface area (Å²) >= 11 is 0. The minimum atomic E-state index is -1.04. The topological polar surface area (TPSA) is 94.8 Å². The van der Waals surface area contributed by atoms with Crippen LogP contribution in [0.25, 0.3) is 0 Å². The molecule has 88 valence electrons. The van der Waals surface area contributed by atoms with Gasteiger partial charge in [0.05, 0.1) is 13.2 Å². The maximum Gasteiger partial charge on any atom is 0.359 e. The average Bonchev–Trinajstić information content (AvgIpc) is 2.01. The summed E-state index contributed by atoms with van der Waals surface area (Å²) in [5, 5.41) is 26.4. The quantitative estimate of drug-likeness (QED) is 0.431. The van der Waals surface area contributed by atoms with Gasteiger partial charge in [-0.1, -0.05) is 0 Å². The third-order valence-electron chi connectivity index (χ3n) is 2.18. The maximum absolute atomic E-state index is 11.0. The van der Waals surface area contributed by atoms with E-state index in [0.717, 1.165) is 0 Å². The van der Waals surface area contributed by atoms with E-state index in [9.17, 15) is 9.59 Å². The van der Waals surface area contributed by atoms with Gasteiger partial charge in [0, 0.05) is 6.92 Å². The van der Waals surface area contributed by atoms with Crippen LogP contribution in [0.2, 0.25) is 0 Å². The molecule has 0 spiro atoms. The molecular formula is C9H18NO5+. The van der Waals surface area contributed by atoms with Crippen molar-refractivity contribution in [3.8, 4) is 0 Å². The number of carbonyl (C=O) groups is 2. The number of Topliss-reactive ketones (excluding diaryl/α,β-unsaturated/α-hetero) is 1. The summed E-state index contributed by atoms with van der Waals surface area (Å²) in [6.45, 7) is 1.03. The summed E-state index contributed by atoms with van der Waals surface area (Å²) in [6.07, 6.45) is 0. The van der Waals surface area contributed by atoms with Crippen molar-refractivity contribution in [1.82, 2.24) is 0 Å². The van der Waals surface area contributed by atoms with Crippen LogP contribution in [0, 0.1) is 0 Å². The van der Waals surface area contributed by atoms with E-state index in [0.29, 0.717) is 0 Å². The first-order valence-corrected chi connectivity index (χ1v) is 4.74. The number of aliphatic hydroxyl groups is 2. The van der Waals surface area contributed by atoms with Gasteiger partial charge in [-0.15, -0.1) is 0 Å². The van der Waals surface area contributed by atoms with Gasteiger partial charge in [-0.05, 0) is 0 Å². The van der Waals surface area contributed by atoms with E-state index < -0.39 is 5.97 Å². The monoisotopic (exact) mass is 220 g/mol. The number of hydrogen-bond acceptors (Lipinski definition) is 4. The number of carboxylic acids is 1. The van der Waals surface area contributed by atoms with E-state index in [1.807, 2.05) is 0 Å². The van der Waals surface area contributed by atoms with Crippen LogP contribution in [0.4, 0.5) is 0 Å². The normalized spacial score (nSPS) is 11.4. The van der Waals surface area contributed by atoms with Crippen molar-refractivity contribution < 1.29 is 29.4 Å². The van der Waals surface area contributed by atoms with Gasteiger partial charge in [0.25, 0.3) is 0 Å². The van der Waals surface area contributed by atoms with Gasteiger partial charge >= 0.3 is 5.97 Å². The van der Waals surface area contributed by atoms with Gasteiger partial charge in [0.2, 0.25) is 0 Å². The predicted octanol–water partition coefficient (Wildman–Crippen LogP) is -1.54. The lowest BCUT2D eigenvalue weighted by atomic mass is 10.2. The summed E-state index contributed by atoms with van der Waals surface area (Å²) in [6, 6.07) is 0.